The van der Waals surface area contributed by atoms with Gasteiger partial charge in [0.1, 0.15) is 0 Å². The number of aryl methyl sites for hydroxylation is 1. The highest BCUT2D eigenvalue weighted by atomic mass is 32.1. The van der Waals surface area contributed by atoms with Crippen molar-refractivity contribution in [3.8, 4) is 0 Å². The van der Waals surface area contributed by atoms with Gasteiger partial charge in [-0.3, -0.25) is 4.79 Å². The molecule has 1 saturated heterocycles. The van der Waals surface area contributed by atoms with Crippen molar-refractivity contribution in [2.45, 2.75) is 25.4 Å². The van der Waals surface area contributed by atoms with E-state index in [1.165, 1.54) is 20.7 Å². The molecule has 1 fully saturated rings. The van der Waals surface area contributed by atoms with Gasteiger partial charge in [-0.1, -0.05) is 17.4 Å². The Kier molecular flexibility index (Phi) is 3.81. The summed E-state index contributed by atoms with van der Waals surface area (Å²) in [5.41, 5.74) is 1.61. The summed E-state index contributed by atoms with van der Waals surface area (Å²) in [5.74, 6) is 0. The van der Waals surface area contributed by atoms with E-state index in [4.69, 9.17) is 4.74 Å². The van der Waals surface area contributed by atoms with Crippen molar-refractivity contribution in [2.24, 2.45) is 7.05 Å². The molecule has 0 bridgehead atoms. The van der Waals surface area contributed by atoms with Gasteiger partial charge in [0.15, 0.2) is 0 Å². The zero-order valence-corrected chi connectivity index (χ0v) is 14.0. The Labute approximate surface area is 140 Å². The molecule has 24 heavy (non-hydrogen) atoms. The normalized spacial score (nSPS) is 16.0. The van der Waals surface area contributed by atoms with Crippen LogP contribution in [0.15, 0.2) is 27.8 Å². The summed E-state index contributed by atoms with van der Waals surface area (Å²) in [7, 11) is 1.75. The number of ether oxygens (including phenoxy) is 1. The Balaban J connectivity index is 1.62. The second kappa shape index (κ2) is 5.99. The average molecular weight is 347 g/mol. The lowest BCUT2D eigenvalue weighted by Crippen LogP contribution is -2.31. The van der Waals surface area contributed by atoms with Crippen molar-refractivity contribution >= 4 is 21.6 Å². The van der Waals surface area contributed by atoms with Gasteiger partial charge in [-0.2, -0.15) is 9.36 Å². The van der Waals surface area contributed by atoms with Crippen molar-refractivity contribution < 1.29 is 4.74 Å². The fraction of sp³-hybridized carbons (Fsp3) is 0.467. The number of benzene rings is 1. The number of fused-ring (bicyclic) bond motifs is 1. The van der Waals surface area contributed by atoms with Crippen LogP contribution in [0.25, 0.3) is 10.2 Å². The monoisotopic (exact) mass is 347 g/mol. The zero-order valence-electron chi connectivity index (χ0n) is 13.2. The third-order valence-corrected chi connectivity index (χ3v) is 5.38. The summed E-state index contributed by atoms with van der Waals surface area (Å²) in [6.45, 7) is 1.63. The molecular formula is C15H17N5O3S. The fourth-order valence-corrected chi connectivity index (χ4v) is 3.94. The van der Waals surface area contributed by atoms with E-state index in [1.807, 2.05) is 18.2 Å². The van der Waals surface area contributed by atoms with Gasteiger partial charge < -0.3 is 9.30 Å². The summed E-state index contributed by atoms with van der Waals surface area (Å²) < 4.78 is 10.7. The van der Waals surface area contributed by atoms with Crippen LogP contribution in [0.5, 0.6) is 0 Å². The van der Waals surface area contributed by atoms with Crippen LogP contribution in [-0.4, -0.2) is 37.6 Å². The number of nitrogens with zero attached hydrogens (tertiary/aromatic N) is 5. The van der Waals surface area contributed by atoms with Gasteiger partial charge in [-0.25, -0.2) is 4.79 Å². The van der Waals surface area contributed by atoms with Gasteiger partial charge in [0.2, 0.25) is 0 Å². The molecule has 8 nitrogen and oxygen atoms in total. The maximum Gasteiger partial charge on any atom is 0.364 e. The second-order valence-corrected chi connectivity index (χ2v) is 6.93. The Hall–Kier alpha value is -2.26. The number of tetrazole rings is 1. The van der Waals surface area contributed by atoms with E-state index in [9.17, 15) is 9.59 Å². The van der Waals surface area contributed by atoms with Crippen LogP contribution in [0.4, 0.5) is 0 Å². The van der Waals surface area contributed by atoms with Crippen molar-refractivity contribution in [1.29, 1.82) is 0 Å². The predicted octanol–water partition coefficient (Wildman–Crippen LogP) is 0.753. The zero-order chi connectivity index (χ0) is 16.7. The maximum atomic E-state index is 12.5. The van der Waals surface area contributed by atoms with Crippen LogP contribution >= 0.6 is 11.3 Å². The molecule has 126 valence electrons. The Bertz CT molecular complexity index is 993. The highest BCUT2D eigenvalue weighted by Crippen LogP contribution is 2.19. The molecule has 0 aliphatic carbocycles. The Morgan fingerprint density at radius 2 is 2.04 bits per heavy atom. The van der Waals surface area contributed by atoms with Crippen LogP contribution < -0.4 is 10.6 Å². The summed E-state index contributed by atoms with van der Waals surface area (Å²) in [4.78, 5) is 24.2. The van der Waals surface area contributed by atoms with E-state index >= 15 is 0 Å². The molecule has 0 saturated carbocycles. The number of hydrogen-bond acceptors (Lipinski definition) is 6. The molecule has 4 rings (SSSR count). The van der Waals surface area contributed by atoms with E-state index in [0.717, 1.165) is 28.6 Å². The molecule has 0 radical (unpaired) electrons. The highest BCUT2D eigenvalue weighted by molar-refractivity contribution is 7.16. The summed E-state index contributed by atoms with van der Waals surface area (Å²) in [6.07, 6.45) is 1.56. The molecule has 0 atom stereocenters. The molecular weight excluding hydrogens is 330 g/mol. The Morgan fingerprint density at radius 1 is 1.25 bits per heavy atom. The number of thiazole rings is 1. The molecule has 1 aromatic carbocycles. The average Bonchev–Trinajstić information content (AvgIpc) is 3.09. The van der Waals surface area contributed by atoms with Crippen molar-refractivity contribution in [2.75, 3.05) is 13.2 Å². The highest BCUT2D eigenvalue weighted by Gasteiger charge is 2.20. The number of rotatable bonds is 3. The van der Waals surface area contributed by atoms with Gasteiger partial charge in [-0.05, 0) is 41.0 Å². The predicted molar refractivity (Wildman–Crippen MR) is 89.5 cm³/mol. The first-order valence-corrected chi connectivity index (χ1v) is 8.63. The SMILES string of the molecule is Cn1c(=O)sc2cc(Cn3nnn(C4CCOCC4)c3=O)ccc21. The smallest absolute Gasteiger partial charge is 0.364 e. The quantitative estimate of drug-likeness (QED) is 0.698. The minimum atomic E-state index is -0.205. The minimum absolute atomic E-state index is 0.00442. The first-order valence-electron chi connectivity index (χ1n) is 7.82. The first kappa shape index (κ1) is 15.3. The number of aromatic nitrogens is 5. The van der Waals surface area contributed by atoms with E-state index in [0.29, 0.717) is 19.8 Å². The topological polar surface area (TPSA) is 83.9 Å². The second-order valence-electron chi connectivity index (χ2n) is 5.94. The molecule has 3 aromatic rings. The van der Waals surface area contributed by atoms with Crippen LogP contribution in [0.3, 0.4) is 0 Å². The van der Waals surface area contributed by atoms with Crippen LogP contribution in [-0.2, 0) is 18.3 Å². The minimum Gasteiger partial charge on any atom is -0.381 e. The van der Waals surface area contributed by atoms with Gasteiger partial charge in [0, 0.05) is 20.3 Å². The van der Waals surface area contributed by atoms with Gasteiger partial charge in [0.25, 0.3) is 0 Å². The van der Waals surface area contributed by atoms with Crippen LogP contribution in [0.2, 0.25) is 0 Å². The van der Waals surface area contributed by atoms with E-state index in [-0.39, 0.29) is 16.6 Å². The third kappa shape index (κ3) is 2.59. The summed E-state index contributed by atoms with van der Waals surface area (Å²) in [6, 6.07) is 5.80. The van der Waals surface area contributed by atoms with Gasteiger partial charge in [0.05, 0.1) is 22.8 Å². The van der Waals surface area contributed by atoms with E-state index in [2.05, 4.69) is 10.4 Å². The lowest BCUT2D eigenvalue weighted by molar-refractivity contribution is 0.0647. The maximum absolute atomic E-state index is 12.5. The molecule has 0 spiro atoms. The third-order valence-electron chi connectivity index (χ3n) is 4.39. The molecule has 0 amide bonds. The lowest BCUT2D eigenvalue weighted by atomic mass is 10.1. The fourth-order valence-electron chi connectivity index (χ4n) is 2.99. The van der Waals surface area contributed by atoms with Crippen molar-refractivity contribution in [3.63, 3.8) is 0 Å². The van der Waals surface area contributed by atoms with E-state index in [1.54, 1.807) is 11.6 Å². The molecule has 2 aromatic heterocycles. The van der Waals surface area contributed by atoms with Crippen LogP contribution in [0.1, 0.15) is 24.4 Å². The van der Waals surface area contributed by atoms with Crippen molar-refractivity contribution in [1.82, 2.24) is 24.4 Å². The lowest BCUT2D eigenvalue weighted by Gasteiger charge is -2.20. The first-order chi connectivity index (χ1) is 11.6. The number of hydrogen-bond donors (Lipinski definition) is 0. The standard InChI is InChI=1S/C15H17N5O3S/c1-18-12-3-2-10(8-13(12)24-15(18)22)9-19-14(21)20(17-16-19)11-4-6-23-7-5-11/h2-3,8,11H,4-7,9H2,1H3. The molecule has 1 aliphatic rings. The van der Waals surface area contributed by atoms with Gasteiger partial charge in [-0.15, -0.1) is 0 Å². The van der Waals surface area contributed by atoms with E-state index < -0.39 is 0 Å². The molecule has 1 aliphatic heterocycles. The summed E-state index contributed by atoms with van der Waals surface area (Å²) >= 11 is 1.20. The molecule has 9 heteroatoms. The Morgan fingerprint density at radius 3 is 2.83 bits per heavy atom. The van der Waals surface area contributed by atoms with Gasteiger partial charge >= 0.3 is 10.6 Å². The summed E-state index contributed by atoms with van der Waals surface area (Å²) in [5, 5.41) is 8.03. The van der Waals surface area contributed by atoms with Crippen molar-refractivity contribution in [3.05, 3.63) is 43.9 Å². The molecule has 0 unspecified atom stereocenters. The molecule has 3 heterocycles. The van der Waals surface area contributed by atoms with Crippen LogP contribution in [0, 0.1) is 0 Å². The largest absolute Gasteiger partial charge is 0.381 e. The molecule has 0 N–H and O–H groups in total.